The molecule has 2 saturated heterocycles. The Labute approximate surface area is 251 Å². The Morgan fingerprint density at radius 1 is 0.976 bits per heavy atom. The van der Waals surface area contributed by atoms with E-state index in [1.807, 2.05) is 4.57 Å². The minimum atomic E-state index is -2.89. The van der Waals surface area contributed by atoms with E-state index in [4.69, 9.17) is 28.9 Å². The number of piperidine rings is 1. The molecule has 42 heavy (non-hydrogen) atoms. The fourth-order valence-corrected chi connectivity index (χ4v) is 6.47. The maximum absolute atomic E-state index is 14.1. The second-order valence-corrected chi connectivity index (χ2v) is 11.7. The van der Waals surface area contributed by atoms with Crippen molar-refractivity contribution in [1.29, 1.82) is 0 Å². The van der Waals surface area contributed by atoms with Crippen molar-refractivity contribution in [3.8, 4) is 16.9 Å². The summed E-state index contributed by atoms with van der Waals surface area (Å²) in [7, 11) is 0. The maximum Gasteiger partial charge on any atom is 0.261 e. The van der Waals surface area contributed by atoms with Crippen LogP contribution in [0.5, 0.6) is 0 Å². The highest BCUT2D eigenvalue weighted by molar-refractivity contribution is 6.33. The zero-order chi connectivity index (χ0) is 30.2. The number of nitrogens with zero attached hydrogens (tertiary/aromatic N) is 3. The van der Waals surface area contributed by atoms with Crippen LogP contribution in [0.1, 0.15) is 41.7 Å². The summed E-state index contributed by atoms with van der Waals surface area (Å²) < 4.78 is 43.9. The highest BCUT2D eigenvalue weighted by atomic mass is 35.5. The summed E-state index contributed by atoms with van der Waals surface area (Å²) in [5.41, 5.74) is 7.20. The number of aliphatic hydroxyl groups is 1. The van der Waals surface area contributed by atoms with Crippen LogP contribution in [-0.2, 0) is 11.2 Å². The molecule has 3 heterocycles. The van der Waals surface area contributed by atoms with Crippen molar-refractivity contribution < 1.29 is 27.9 Å². The standard InChI is InChI=1S/C30H31Cl2F3N4O3/c31-19-3-6-21(7-4-19)39-25(2-1-15-40)23(17-26(39)22-8-5-20(33)16-24(22)32)27(41)37-12-9-29(10-13-37,28(36)42)38-14-11-30(34,35)18-38/h3-8,16-17,40H,1-2,9-15,18H2,(H2,36,42). The molecule has 2 aliphatic rings. The summed E-state index contributed by atoms with van der Waals surface area (Å²) in [6.45, 7) is -0.316. The first kappa shape index (κ1) is 30.4. The third kappa shape index (κ3) is 5.77. The first-order chi connectivity index (χ1) is 20.0. The van der Waals surface area contributed by atoms with Crippen molar-refractivity contribution in [2.24, 2.45) is 5.73 Å². The molecule has 0 radical (unpaired) electrons. The largest absolute Gasteiger partial charge is 0.396 e. The number of primary amides is 1. The summed E-state index contributed by atoms with van der Waals surface area (Å²) in [5, 5.41) is 10.3. The van der Waals surface area contributed by atoms with Crippen molar-refractivity contribution in [3.63, 3.8) is 0 Å². The van der Waals surface area contributed by atoms with Gasteiger partial charge in [0.25, 0.3) is 11.8 Å². The first-order valence-electron chi connectivity index (χ1n) is 13.7. The predicted molar refractivity (Wildman–Crippen MR) is 155 cm³/mol. The zero-order valence-electron chi connectivity index (χ0n) is 22.8. The van der Waals surface area contributed by atoms with Crippen molar-refractivity contribution in [1.82, 2.24) is 14.4 Å². The van der Waals surface area contributed by atoms with Crippen molar-refractivity contribution in [3.05, 3.63) is 75.7 Å². The van der Waals surface area contributed by atoms with Gasteiger partial charge in [-0.25, -0.2) is 13.2 Å². The number of nitrogens with two attached hydrogens (primary N) is 1. The van der Waals surface area contributed by atoms with Crippen LogP contribution in [0, 0.1) is 5.82 Å². The monoisotopic (exact) mass is 622 g/mol. The summed E-state index contributed by atoms with van der Waals surface area (Å²) in [5.74, 6) is -4.38. The van der Waals surface area contributed by atoms with Crippen LogP contribution in [0.4, 0.5) is 13.2 Å². The molecule has 0 saturated carbocycles. The molecule has 3 aromatic rings. The van der Waals surface area contributed by atoms with Gasteiger partial charge in [-0.05, 0) is 74.2 Å². The molecule has 5 rings (SSSR count). The van der Waals surface area contributed by atoms with Crippen LogP contribution in [0.3, 0.4) is 0 Å². The van der Waals surface area contributed by atoms with Gasteiger partial charge in [-0.1, -0.05) is 23.2 Å². The number of hydrogen-bond acceptors (Lipinski definition) is 4. The molecular weight excluding hydrogens is 592 g/mol. The highest BCUT2D eigenvalue weighted by Gasteiger charge is 2.52. The number of benzene rings is 2. The van der Waals surface area contributed by atoms with E-state index in [9.17, 15) is 27.9 Å². The van der Waals surface area contributed by atoms with Crippen LogP contribution in [0.15, 0.2) is 48.5 Å². The molecule has 1 aromatic heterocycles. The molecule has 2 aromatic carbocycles. The number of carbonyl (C=O) groups excluding carboxylic acids is 2. The smallest absolute Gasteiger partial charge is 0.261 e. The molecule has 2 amide bonds. The number of halogens is 5. The van der Waals surface area contributed by atoms with Gasteiger partial charge in [0.2, 0.25) is 5.91 Å². The topological polar surface area (TPSA) is 91.8 Å². The fourth-order valence-electron chi connectivity index (χ4n) is 6.08. The van der Waals surface area contributed by atoms with E-state index in [2.05, 4.69) is 0 Å². The predicted octanol–water partition coefficient (Wildman–Crippen LogP) is 5.32. The quantitative estimate of drug-likeness (QED) is 0.356. The molecular formula is C30H31Cl2F3N4O3. The van der Waals surface area contributed by atoms with Crippen LogP contribution >= 0.6 is 23.2 Å². The number of likely N-dealkylation sites (tertiary alicyclic amines) is 2. The van der Waals surface area contributed by atoms with Gasteiger partial charge in [0.05, 0.1) is 22.8 Å². The van der Waals surface area contributed by atoms with Crippen LogP contribution in [0.25, 0.3) is 16.9 Å². The van der Waals surface area contributed by atoms with Crippen LogP contribution in [0.2, 0.25) is 10.0 Å². The van der Waals surface area contributed by atoms with Gasteiger partial charge in [-0.2, -0.15) is 0 Å². The molecule has 0 bridgehead atoms. The highest BCUT2D eigenvalue weighted by Crippen LogP contribution is 2.39. The van der Waals surface area contributed by atoms with E-state index in [1.165, 1.54) is 23.1 Å². The minimum absolute atomic E-state index is 0.0565. The fraction of sp³-hybridized carbons (Fsp3) is 0.400. The number of hydrogen-bond donors (Lipinski definition) is 2. The summed E-state index contributed by atoms with van der Waals surface area (Å²) in [6.07, 6.45) is 0.616. The number of carbonyl (C=O) groups is 2. The Bertz CT molecular complexity index is 1490. The van der Waals surface area contributed by atoms with E-state index in [-0.39, 0.29) is 56.4 Å². The molecule has 2 fully saturated rings. The number of rotatable bonds is 8. The van der Waals surface area contributed by atoms with Crippen molar-refractivity contribution in [2.45, 2.75) is 43.6 Å². The van der Waals surface area contributed by atoms with Crippen LogP contribution in [-0.4, -0.2) is 75.5 Å². The van der Waals surface area contributed by atoms with E-state index in [0.29, 0.717) is 46.1 Å². The van der Waals surface area contributed by atoms with E-state index < -0.39 is 29.7 Å². The Kier molecular flexibility index (Phi) is 8.63. The number of amides is 2. The summed E-state index contributed by atoms with van der Waals surface area (Å²) in [4.78, 5) is 29.7. The summed E-state index contributed by atoms with van der Waals surface area (Å²) in [6, 6.07) is 12.7. The molecule has 7 nitrogen and oxygen atoms in total. The van der Waals surface area contributed by atoms with Crippen LogP contribution < -0.4 is 5.73 Å². The summed E-state index contributed by atoms with van der Waals surface area (Å²) >= 11 is 12.6. The lowest BCUT2D eigenvalue weighted by atomic mass is 9.84. The number of alkyl halides is 2. The Morgan fingerprint density at radius 3 is 2.24 bits per heavy atom. The molecule has 224 valence electrons. The van der Waals surface area contributed by atoms with Gasteiger partial charge in [0.1, 0.15) is 11.4 Å². The second-order valence-electron chi connectivity index (χ2n) is 10.9. The normalized spacial score (nSPS) is 18.4. The Balaban J connectivity index is 1.54. The van der Waals surface area contributed by atoms with E-state index in [0.717, 1.165) is 0 Å². The SMILES string of the molecule is NC(=O)C1(N2CCC(F)(F)C2)CCN(C(=O)c2cc(-c3ccc(F)cc3Cl)n(-c3ccc(Cl)cc3)c2CCCO)CC1. The Morgan fingerprint density at radius 2 is 1.67 bits per heavy atom. The molecule has 0 unspecified atom stereocenters. The van der Waals surface area contributed by atoms with Gasteiger partial charge in [-0.15, -0.1) is 0 Å². The average Bonchev–Trinajstić information content (AvgIpc) is 3.52. The average molecular weight is 624 g/mol. The van der Waals surface area contributed by atoms with Gasteiger partial charge in [0, 0.05) is 54.6 Å². The first-order valence-corrected chi connectivity index (χ1v) is 14.5. The minimum Gasteiger partial charge on any atom is -0.396 e. The third-order valence-electron chi connectivity index (χ3n) is 8.31. The molecule has 0 spiro atoms. The lowest BCUT2D eigenvalue weighted by Gasteiger charge is -2.45. The van der Waals surface area contributed by atoms with Gasteiger partial charge >= 0.3 is 0 Å². The van der Waals surface area contributed by atoms with E-state index in [1.54, 1.807) is 35.2 Å². The number of aromatic nitrogens is 1. The van der Waals surface area contributed by atoms with Gasteiger partial charge in [0.15, 0.2) is 0 Å². The zero-order valence-corrected chi connectivity index (χ0v) is 24.3. The molecule has 3 N–H and O–H groups in total. The molecule has 2 aliphatic heterocycles. The van der Waals surface area contributed by atoms with Gasteiger partial charge in [-0.3, -0.25) is 14.5 Å². The lowest BCUT2D eigenvalue weighted by Crippen LogP contribution is -2.62. The number of aliphatic hydroxyl groups excluding tert-OH is 1. The van der Waals surface area contributed by atoms with Crippen molar-refractivity contribution >= 4 is 35.0 Å². The van der Waals surface area contributed by atoms with E-state index >= 15 is 0 Å². The maximum atomic E-state index is 14.1. The molecule has 12 heteroatoms. The molecule has 0 aliphatic carbocycles. The van der Waals surface area contributed by atoms with Gasteiger partial charge < -0.3 is 20.3 Å². The third-order valence-corrected chi connectivity index (χ3v) is 8.87. The van der Waals surface area contributed by atoms with Crippen molar-refractivity contribution in [2.75, 3.05) is 32.8 Å². The molecule has 0 atom stereocenters. The Hall–Kier alpha value is -3.05. The second kappa shape index (κ2) is 11.9. The lowest BCUT2D eigenvalue weighted by molar-refractivity contribution is -0.133.